The summed E-state index contributed by atoms with van der Waals surface area (Å²) in [7, 11) is 0. The van der Waals surface area contributed by atoms with Crippen LogP contribution in [0.5, 0.6) is 5.75 Å². The number of aryl methyl sites for hydroxylation is 1. The lowest BCUT2D eigenvalue weighted by atomic mass is 9.89. The van der Waals surface area contributed by atoms with Gasteiger partial charge in [-0.1, -0.05) is 19.3 Å². The van der Waals surface area contributed by atoms with Crippen molar-refractivity contribution in [2.45, 2.75) is 39.0 Å². The highest BCUT2D eigenvalue weighted by atomic mass is 35.5. The molecule has 0 heterocycles. The largest absolute Gasteiger partial charge is 0.508 e. The Hall–Kier alpha value is -1.22. The van der Waals surface area contributed by atoms with E-state index in [-0.39, 0.29) is 17.5 Å². The summed E-state index contributed by atoms with van der Waals surface area (Å²) in [5.41, 5.74) is 1.61. The maximum absolute atomic E-state index is 12.1. The van der Waals surface area contributed by atoms with Crippen molar-refractivity contribution < 1.29 is 9.90 Å². The summed E-state index contributed by atoms with van der Waals surface area (Å²) in [4.78, 5) is 13.9. The van der Waals surface area contributed by atoms with Crippen LogP contribution in [0, 0.1) is 12.8 Å². The van der Waals surface area contributed by atoms with E-state index in [9.17, 15) is 9.90 Å². The van der Waals surface area contributed by atoms with Gasteiger partial charge in [0.15, 0.2) is 0 Å². The number of carbonyl (C=O) groups excluding carboxylic acids is 1. The Morgan fingerprint density at radius 1 is 1.35 bits per heavy atom. The highest BCUT2D eigenvalue weighted by Crippen LogP contribution is 2.28. The first-order chi connectivity index (χ1) is 9.61. The van der Waals surface area contributed by atoms with Crippen LogP contribution in [-0.2, 0) is 4.79 Å². The minimum atomic E-state index is -0.0673. The molecule has 0 unspecified atom stereocenters. The fraction of sp³-hybridized carbons (Fsp3) is 0.562. The number of nitrogens with zero attached hydrogens (tertiary/aromatic N) is 1. The van der Waals surface area contributed by atoms with Crippen LogP contribution in [0.15, 0.2) is 18.2 Å². The zero-order valence-corrected chi connectivity index (χ0v) is 12.7. The molecule has 2 rings (SSSR count). The first kappa shape index (κ1) is 15.2. The Balaban J connectivity index is 2.17. The second kappa shape index (κ2) is 6.98. The molecule has 110 valence electrons. The first-order valence-electron chi connectivity index (χ1n) is 7.27. The van der Waals surface area contributed by atoms with Gasteiger partial charge in [-0.15, -0.1) is 11.6 Å². The second-order valence-corrected chi connectivity index (χ2v) is 5.88. The molecular weight excluding hydrogens is 274 g/mol. The molecule has 0 saturated heterocycles. The molecular formula is C16H22ClNO2. The summed E-state index contributed by atoms with van der Waals surface area (Å²) >= 11 is 5.74. The van der Waals surface area contributed by atoms with Crippen LogP contribution < -0.4 is 4.90 Å². The zero-order chi connectivity index (χ0) is 14.5. The lowest BCUT2D eigenvalue weighted by Crippen LogP contribution is -2.37. The zero-order valence-electron chi connectivity index (χ0n) is 11.9. The maximum Gasteiger partial charge on any atom is 0.241 e. The summed E-state index contributed by atoms with van der Waals surface area (Å²) < 4.78 is 0. The average molecular weight is 296 g/mol. The second-order valence-electron chi connectivity index (χ2n) is 5.61. The van der Waals surface area contributed by atoms with Gasteiger partial charge in [-0.25, -0.2) is 0 Å². The normalized spacial score (nSPS) is 16.1. The molecule has 1 fully saturated rings. The molecule has 0 radical (unpaired) electrons. The molecule has 1 saturated carbocycles. The lowest BCUT2D eigenvalue weighted by Gasteiger charge is -2.29. The number of aromatic hydroxyl groups is 1. The first-order valence-corrected chi connectivity index (χ1v) is 7.81. The molecule has 20 heavy (non-hydrogen) atoms. The van der Waals surface area contributed by atoms with E-state index in [1.54, 1.807) is 17.0 Å². The van der Waals surface area contributed by atoms with Crippen molar-refractivity contribution in [1.29, 1.82) is 0 Å². The van der Waals surface area contributed by atoms with E-state index in [0.29, 0.717) is 5.92 Å². The number of phenolic OH excluding ortho intramolecular Hbond substituents is 1. The number of hydrogen-bond donors (Lipinski definition) is 1. The lowest BCUT2D eigenvalue weighted by molar-refractivity contribution is -0.116. The van der Waals surface area contributed by atoms with Gasteiger partial charge in [-0.2, -0.15) is 0 Å². The highest BCUT2D eigenvalue weighted by molar-refractivity contribution is 6.29. The molecule has 3 nitrogen and oxygen atoms in total. The van der Waals surface area contributed by atoms with Crippen LogP contribution in [0.25, 0.3) is 0 Å². The van der Waals surface area contributed by atoms with Gasteiger partial charge in [0.1, 0.15) is 11.6 Å². The average Bonchev–Trinajstić information content (AvgIpc) is 2.48. The van der Waals surface area contributed by atoms with Crippen molar-refractivity contribution in [2.75, 3.05) is 17.3 Å². The van der Waals surface area contributed by atoms with E-state index in [1.807, 2.05) is 13.0 Å². The number of anilines is 1. The van der Waals surface area contributed by atoms with E-state index in [0.717, 1.165) is 17.8 Å². The molecule has 1 N–H and O–H groups in total. The highest BCUT2D eigenvalue weighted by Gasteiger charge is 2.22. The third kappa shape index (κ3) is 3.66. The van der Waals surface area contributed by atoms with Crippen molar-refractivity contribution in [3.05, 3.63) is 23.8 Å². The topological polar surface area (TPSA) is 40.5 Å². The maximum atomic E-state index is 12.1. The van der Waals surface area contributed by atoms with E-state index in [1.165, 1.54) is 32.1 Å². The Morgan fingerprint density at radius 2 is 2.05 bits per heavy atom. The molecule has 0 atom stereocenters. The fourth-order valence-corrected chi connectivity index (χ4v) is 3.00. The third-order valence-electron chi connectivity index (χ3n) is 4.07. The summed E-state index contributed by atoms with van der Waals surface area (Å²) in [6.07, 6.45) is 6.18. The van der Waals surface area contributed by atoms with Gasteiger partial charge in [0.05, 0.1) is 0 Å². The SMILES string of the molecule is Cc1cc(N(CC2CCCCC2)C(=O)CCl)ccc1O. The molecule has 1 aromatic carbocycles. The molecule has 0 bridgehead atoms. The molecule has 1 aliphatic carbocycles. The van der Waals surface area contributed by atoms with E-state index in [4.69, 9.17) is 11.6 Å². The number of hydrogen-bond acceptors (Lipinski definition) is 2. The van der Waals surface area contributed by atoms with Crippen molar-refractivity contribution in [1.82, 2.24) is 0 Å². The minimum absolute atomic E-state index is 0.00730. The van der Waals surface area contributed by atoms with Crippen LogP contribution in [0.4, 0.5) is 5.69 Å². The van der Waals surface area contributed by atoms with Crippen LogP contribution in [0.2, 0.25) is 0 Å². The van der Waals surface area contributed by atoms with E-state index < -0.39 is 0 Å². The quantitative estimate of drug-likeness (QED) is 0.857. The summed E-state index contributed by atoms with van der Waals surface area (Å²) in [5.74, 6) is 0.740. The third-order valence-corrected chi connectivity index (χ3v) is 4.30. The number of rotatable bonds is 4. The van der Waals surface area contributed by atoms with Gasteiger partial charge in [-0.3, -0.25) is 4.79 Å². The molecule has 0 aromatic heterocycles. The molecule has 0 spiro atoms. The Morgan fingerprint density at radius 3 is 2.65 bits per heavy atom. The van der Waals surface area contributed by atoms with Gasteiger partial charge >= 0.3 is 0 Å². The summed E-state index contributed by atoms with van der Waals surface area (Å²) in [6, 6.07) is 5.28. The molecule has 1 aliphatic rings. The number of benzene rings is 1. The Labute approximate surface area is 125 Å². The predicted octanol–water partition coefficient (Wildman–Crippen LogP) is 3.85. The van der Waals surface area contributed by atoms with Crippen molar-refractivity contribution in [3.8, 4) is 5.75 Å². The molecule has 1 amide bonds. The molecule has 4 heteroatoms. The van der Waals surface area contributed by atoms with Gasteiger partial charge in [0.25, 0.3) is 0 Å². The van der Waals surface area contributed by atoms with Gasteiger partial charge in [-0.05, 0) is 49.4 Å². The van der Waals surface area contributed by atoms with E-state index >= 15 is 0 Å². The fourth-order valence-electron chi connectivity index (χ4n) is 2.86. The van der Waals surface area contributed by atoms with Crippen molar-refractivity contribution in [3.63, 3.8) is 0 Å². The van der Waals surface area contributed by atoms with E-state index in [2.05, 4.69) is 0 Å². The number of carbonyl (C=O) groups is 1. The number of halogens is 1. The Bertz CT molecular complexity index is 470. The van der Waals surface area contributed by atoms with Gasteiger partial charge in [0.2, 0.25) is 5.91 Å². The molecule has 0 aliphatic heterocycles. The smallest absolute Gasteiger partial charge is 0.241 e. The van der Waals surface area contributed by atoms with Gasteiger partial charge in [0, 0.05) is 12.2 Å². The van der Waals surface area contributed by atoms with Gasteiger partial charge < -0.3 is 10.0 Å². The van der Waals surface area contributed by atoms with Crippen LogP contribution >= 0.6 is 11.6 Å². The summed E-state index contributed by atoms with van der Waals surface area (Å²) in [6.45, 7) is 2.57. The van der Waals surface area contributed by atoms with Crippen molar-refractivity contribution >= 4 is 23.2 Å². The summed E-state index contributed by atoms with van der Waals surface area (Å²) in [5, 5.41) is 9.61. The van der Waals surface area contributed by atoms with Crippen LogP contribution in [0.3, 0.4) is 0 Å². The van der Waals surface area contributed by atoms with Crippen LogP contribution in [0.1, 0.15) is 37.7 Å². The van der Waals surface area contributed by atoms with Crippen LogP contribution in [-0.4, -0.2) is 23.4 Å². The number of phenols is 1. The molecule has 1 aromatic rings. The Kier molecular flexibility index (Phi) is 5.30. The predicted molar refractivity (Wildman–Crippen MR) is 82.5 cm³/mol. The number of amides is 1. The minimum Gasteiger partial charge on any atom is -0.508 e. The monoisotopic (exact) mass is 295 g/mol. The number of alkyl halides is 1. The standard InChI is InChI=1S/C16H22ClNO2/c1-12-9-14(7-8-15(12)19)18(16(20)10-17)11-13-5-3-2-4-6-13/h7-9,13,19H,2-6,10-11H2,1H3. The van der Waals surface area contributed by atoms with Crippen molar-refractivity contribution in [2.24, 2.45) is 5.92 Å².